The monoisotopic (exact) mass is 233 g/mol. The van der Waals surface area contributed by atoms with Crippen LogP contribution in [0.5, 0.6) is 0 Å². The van der Waals surface area contributed by atoms with Gasteiger partial charge in [0.1, 0.15) is 17.3 Å². The van der Waals surface area contributed by atoms with E-state index in [9.17, 15) is 0 Å². The second-order valence-corrected chi connectivity index (χ2v) is 4.29. The Kier molecular flexibility index (Phi) is 3.38. The first-order valence-corrected chi connectivity index (χ1v) is 5.97. The van der Waals surface area contributed by atoms with Gasteiger partial charge in [-0.2, -0.15) is 0 Å². The molecule has 1 atom stereocenters. The van der Waals surface area contributed by atoms with Crippen LogP contribution in [0.15, 0.2) is 27.2 Å². The molecule has 0 aliphatic heterocycles. The van der Waals surface area contributed by atoms with Gasteiger partial charge in [0.2, 0.25) is 0 Å². The van der Waals surface area contributed by atoms with Crippen molar-refractivity contribution in [2.75, 3.05) is 6.54 Å². The second kappa shape index (κ2) is 4.80. The maximum atomic E-state index is 5.61. The van der Waals surface area contributed by atoms with E-state index in [-0.39, 0.29) is 6.04 Å². The highest BCUT2D eigenvalue weighted by atomic mass is 16.3. The van der Waals surface area contributed by atoms with E-state index in [4.69, 9.17) is 8.83 Å². The Hall–Kier alpha value is -1.48. The summed E-state index contributed by atoms with van der Waals surface area (Å²) in [5.74, 6) is 2.87. The third-order valence-electron chi connectivity index (χ3n) is 3.01. The second-order valence-electron chi connectivity index (χ2n) is 4.29. The molecule has 0 aliphatic rings. The van der Waals surface area contributed by atoms with E-state index in [0.717, 1.165) is 23.8 Å². The zero-order valence-electron chi connectivity index (χ0n) is 10.8. The zero-order chi connectivity index (χ0) is 12.4. The molecule has 92 valence electrons. The fourth-order valence-corrected chi connectivity index (χ4v) is 2.22. The van der Waals surface area contributed by atoms with E-state index in [1.54, 1.807) is 6.26 Å². The van der Waals surface area contributed by atoms with Crippen LogP contribution in [0.25, 0.3) is 0 Å². The lowest BCUT2D eigenvalue weighted by Gasteiger charge is -2.16. The van der Waals surface area contributed by atoms with Gasteiger partial charge in [-0.15, -0.1) is 0 Å². The molecule has 3 heteroatoms. The third kappa shape index (κ3) is 2.29. The highest BCUT2D eigenvalue weighted by Gasteiger charge is 2.21. The van der Waals surface area contributed by atoms with Gasteiger partial charge in [-0.05, 0) is 39.4 Å². The predicted molar refractivity (Wildman–Crippen MR) is 67.1 cm³/mol. The maximum absolute atomic E-state index is 5.61. The molecular formula is C14H19NO2. The number of furan rings is 2. The molecule has 2 rings (SSSR count). The van der Waals surface area contributed by atoms with E-state index in [1.807, 2.05) is 26.8 Å². The number of hydrogen-bond donors (Lipinski definition) is 1. The fraction of sp³-hybridized carbons (Fsp3) is 0.429. The Morgan fingerprint density at radius 2 is 1.94 bits per heavy atom. The minimum Gasteiger partial charge on any atom is -0.469 e. The van der Waals surface area contributed by atoms with Crippen LogP contribution < -0.4 is 5.32 Å². The van der Waals surface area contributed by atoms with E-state index < -0.39 is 0 Å². The molecule has 17 heavy (non-hydrogen) atoms. The van der Waals surface area contributed by atoms with Gasteiger partial charge >= 0.3 is 0 Å². The van der Waals surface area contributed by atoms with Crippen LogP contribution >= 0.6 is 0 Å². The van der Waals surface area contributed by atoms with Crippen molar-refractivity contribution in [3.63, 3.8) is 0 Å². The van der Waals surface area contributed by atoms with Crippen LogP contribution in [0.4, 0.5) is 0 Å². The van der Waals surface area contributed by atoms with Crippen molar-refractivity contribution in [2.45, 2.75) is 33.7 Å². The Balaban J connectivity index is 2.42. The molecule has 0 aliphatic carbocycles. The topological polar surface area (TPSA) is 38.3 Å². The number of rotatable bonds is 4. The predicted octanol–water partition coefficient (Wildman–Crippen LogP) is 3.50. The van der Waals surface area contributed by atoms with Crippen LogP contribution in [-0.4, -0.2) is 6.54 Å². The minimum absolute atomic E-state index is 0.149. The van der Waals surface area contributed by atoms with Crippen molar-refractivity contribution in [2.24, 2.45) is 0 Å². The van der Waals surface area contributed by atoms with Crippen LogP contribution in [0.2, 0.25) is 0 Å². The number of nitrogens with one attached hydrogen (secondary N) is 1. The molecule has 0 bridgehead atoms. The van der Waals surface area contributed by atoms with Crippen molar-refractivity contribution in [1.82, 2.24) is 5.32 Å². The van der Waals surface area contributed by atoms with Gasteiger partial charge in [0, 0.05) is 11.1 Å². The van der Waals surface area contributed by atoms with Gasteiger partial charge in [-0.25, -0.2) is 0 Å². The zero-order valence-corrected chi connectivity index (χ0v) is 10.8. The highest BCUT2D eigenvalue weighted by molar-refractivity contribution is 5.35. The van der Waals surface area contributed by atoms with Crippen molar-refractivity contribution >= 4 is 0 Å². The van der Waals surface area contributed by atoms with Crippen LogP contribution in [-0.2, 0) is 0 Å². The summed E-state index contributed by atoms with van der Waals surface area (Å²) in [5, 5.41) is 3.48. The molecule has 0 saturated carbocycles. The lowest BCUT2D eigenvalue weighted by Crippen LogP contribution is -2.22. The standard InChI is InChI=1S/C14H19NO2/c1-5-15-14(12-6-7-16-10(12)3)13-8-9(2)17-11(13)4/h6-8,14-15H,5H2,1-4H3. The summed E-state index contributed by atoms with van der Waals surface area (Å²) >= 11 is 0. The van der Waals surface area contributed by atoms with Gasteiger partial charge in [0.05, 0.1) is 12.3 Å². The van der Waals surface area contributed by atoms with Crippen LogP contribution in [0, 0.1) is 20.8 Å². The van der Waals surface area contributed by atoms with Crippen molar-refractivity contribution in [3.05, 3.63) is 46.8 Å². The molecule has 2 aromatic rings. The largest absolute Gasteiger partial charge is 0.469 e. The Morgan fingerprint density at radius 1 is 1.18 bits per heavy atom. The van der Waals surface area contributed by atoms with Crippen molar-refractivity contribution in [3.8, 4) is 0 Å². The summed E-state index contributed by atoms with van der Waals surface area (Å²) in [4.78, 5) is 0. The average molecular weight is 233 g/mol. The van der Waals surface area contributed by atoms with E-state index >= 15 is 0 Å². The SMILES string of the molecule is CCNC(c1ccoc1C)c1cc(C)oc1C. The molecule has 1 N–H and O–H groups in total. The molecule has 0 saturated heterocycles. The Labute approximate surface area is 102 Å². The molecule has 2 aromatic heterocycles. The molecular weight excluding hydrogens is 214 g/mol. The Morgan fingerprint density at radius 3 is 2.41 bits per heavy atom. The summed E-state index contributed by atoms with van der Waals surface area (Å²) in [5.41, 5.74) is 2.37. The van der Waals surface area contributed by atoms with Crippen LogP contribution in [0.3, 0.4) is 0 Å². The molecule has 0 radical (unpaired) electrons. The third-order valence-corrected chi connectivity index (χ3v) is 3.01. The quantitative estimate of drug-likeness (QED) is 0.878. The van der Waals surface area contributed by atoms with E-state index in [2.05, 4.69) is 18.3 Å². The van der Waals surface area contributed by atoms with Crippen molar-refractivity contribution < 1.29 is 8.83 Å². The average Bonchev–Trinajstić information content (AvgIpc) is 2.82. The van der Waals surface area contributed by atoms with Gasteiger partial charge < -0.3 is 14.2 Å². The molecule has 2 heterocycles. The molecule has 1 unspecified atom stereocenters. The van der Waals surface area contributed by atoms with Crippen LogP contribution in [0.1, 0.15) is 41.4 Å². The fourth-order valence-electron chi connectivity index (χ4n) is 2.22. The minimum atomic E-state index is 0.149. The first-order chi connectivity index (χ1) is 8.13. The normalized spacial score (nSPS) is 12.9. The maximum Gasteiger partial charge on any atom is 0.106 e. The first-order valence-electron chi connectivity index (χ1n) is 5.97. The first kappa shape index (κ1) is 12.0. The smallest absolute Gasteiger partial charge is 0.106 e. The van der Waals surface area contributed by atoms with Gasteiger partial charge in [-0.1, -0.05) is 6.92 Å². The van der Waals surface area contributed by atoms with Gasteiger partial charge in [0.15, 0.2) is 0 Å². The molecule has 0 aromatic carbocycles. The molecule has 0 spiro atoms. The molecule has 3 nitrogen and oxygen atoms in total. The van der Waals surface area contributed by atoms with E-state index in [1.165, 1.54) is 11.1 Å². The summed E-state index contributed by atoms with van der Waals surface area (Å²) in [6.45, 7) is 8.97. The lowest BCUT2D eigenvalue weighted by molar-refractivity contribution is 0.491. The summed E-state index contributed by atoms with van der Waals surface area (Å²) in [7, 11) is 0. The summed E-state index contributed by atoms with van der Waals surface area (Å²) < 4.78 is 11.0. The lowest BCUT2D eigenvalue weighted by atomic mass is 9.99. The Bertz CT molecular complexity index is 496. The molecule has 0 fully saturated rings. The van der Waals surface area contributed by atoms with Gasteiger partial charge in [-0.3, -0.25) is 0 Å². The summed E-state index contributed by atoms with van der Waals surface area (Å²) in [6.07, 6.45) is 1.73. The number of hydrogen-bond acceptors (Lipinski definition) is 3. The van der Waals surface area contributed by atoms with E-state index in [0.29, 0.717) is 0 Å². The number of aryl methyl sites for hydroxylation is 3. The summed E-state index contributed by atoms with van der Waals surface area (Å²) in [6, 6.07) is 4.26. The van der Waals surface area contributed by atoms with Gasteiger partial charge in [0.25, 0.3) is 0 Å². The van der Waals surface area contributed by atoms with Crippen molar-refractivity contribution in [1.29, 1.82) is 0 Å². The highest BCUT2D eigenvalue weighted by Crippen LogP contribution is 2.29. The molecule has 0 amide bonds.